The summed E-state index contributed by atoms with van der Waals surface area (Å²) in [5.41, 5.74) is 3.19. The molecule has 0 saturated carbocycles. The molecular formula is C23H27NO4S. The summed E-state index contributed by atoms with van der Waals surface area (Å²) in [4.78, 5) is 14.9. The second kappa shape index (κ2) is 8.67. The molecule has 2 atom stereocenters. The van der Waals surface area contributed by atoms with Crippen LogP contribution < -0.4 is 0 Å². The van der Waals surface area contributed by atoms with Crippen molar-refractivity contribution in [2.24, 2.45) is 0 Å². The van der Waals surface area contributed by atoms with E-state index >= 15 is 0 Å². The summed E-state index contributed by atoms with van der Waals surface area (Å²) in [6, 6.07) is 17.9. The number of hydrogen-bond acceptors (Lipinski definition) is 4. The Morgan fingerprint density at radius 2 is 1.72 bits per heavy atom. The van der Waals surface area contributed by atoms with Crippen LogP contribution in [0.15, 0.2) is 54.6 Å². The molecule has 0 radical (unpaired) electrons. The number of ether oxygens (including phenoxy) is 1. The van der Waals surface area contributed by atoms with Gasteiger partial charge in [0.2, 0.25) is 5.91 Å². The van der Waals surface area contributed by atoms with Crippen LogP contribution in [-0.2, 0) is 25.8 Å². The molecule has 2 fully saturated rings. The highest BCUT2D eigenvalue weighted by Gasteiger charge is 2.36. The average molecular weight is 414 g/mol. The highest BCUT2D eigenvalue weighted by Crippen LogP contribution is 2.23. The van der Waals surface area contributed by atoms with E-state index in [-0.39, 0.29) is 36.0 Å². The molecule has 0 unspecified atom stereocenters. The van der Waals surface area contributed by atoms with Gasteiger partial charge >= 0.3 is 0 Å². The standard InChI is InChI=1S/C23H27NO4S/c25-23(15-18-8-10-20(11-9-18)19-5-2-1-3-6-19)24(16-22-7-4-13-28-22)21-12-14-29(26,27)17-21/h1-3,5-6,8-11,21-22H,4,7,12-17H2/t21-,22-/m0/s1. The Balaban J connectivity index is 1.47. The normalized spacial score (nSPS) is 23.2. The van der Waals surface area contributed by atoms with Crippen LogP contribution in [-0.4, -0.2) is 56.0 Å². The molecule has 0 aliphatic carbocycles. The number of rotatable bonds is 6. The summed E-state index contributed by atoms with van der Waals surface area (Å²) in [6.07, 6.45) is 2.74. The predicted octanol–water partition coefficient (Wildman–Crippen LogP) is 3.09. The quantitative estimate of drug-likeness (QED) is 0.730. The van der Waals surface area contributed by atoms with E-state index in [9.17, 15) is 13.2 Å². The lowest BCUT2D eigenvalue weighted by Crippen LogP contribution is -2.45. The van der Waals surface area contributed by atoms with E-state index in [1.807, 2.05) is 42.5 Å². The van der Waals surface area contributed by atoms with Crippen LogP contribution in [0.3, 0.4) is 0 Å². The maximum absolute atomic E-state index is 13.1. The molecular weight excluding hydrogens is 386 g/mol. The lowest BCUT2D eigenvalue weighted by atomic mass is 10.0. The van der Waals surface area contributed by atoms with Crippen LogP contribution >= 0.6 is 0 Å². The largest absolute Gasteiger partial charge is 0.376 e. The highest BCUT2D eigenvalue weighted by atomic mass is 32.2. The Bertz CT molecular complexity index is 935. The fourth-order valence-corrected chi connectivity index (χ4v) is 5.94. The van der Waals surface area contributed by atoms with Crippen LogP contribution in [0.4, 0.5) is 0 Å². The molecule has 6 heteroatoms. The second-order valence-electron chi connectivity index (χ2n) is 7.98. The Labute approximate surface area is 172 Å². The maximum Gasteiger partial charge on any atom is 0.227 e. The van der Waals surface area contributed by atoms with E-state index in [0.29, 0.717) is 13.0 Å². The van der Waals surface area contributed by atoms with Gasteiger partial charge in [-0.15, -0.1) is 0 Å². The number of nitrogens with zero attached hydrogens (tertiary/aromatic N) is 1. The summed E-state index contributed by atoms with van der Waals surface area (Å²) in [5, 5.41) is 0. The number of hydrogen-bond donors (Lipinski definition) is 0. The predicted molar refractivity (Wildman–Crippen MR) is 113 cm³/mol. The minimum absolute atomic E-state index is 0.0164. The molecule has 0 aromatic heterocycles. The van der Waals surface area contributed by atoms with Gasteiger partial charge in [0.25, 0.3) is 0 Å². The Morgan fingerprint density at radius 1 is 1.00 bits per heavy atom. The minimum atomic E-state index is -3.05. The summed E-state index contributed by atoms with van der Waals surface area (Å²) >= 11 is 0. The number of carbonyl (C=O) groups excluding carboxylic acids is 1. The van der Waals surface area contributed by atoms with Gasteiger partial charge in [-0.3, -0.25) is 4.79 Å². The van der Waals surface area contributed by atoms with Crippen LogP contribution in [0.5, 0.6) is 0 Å². The van der Waals surface area contributed by atoms with Crippen molar-refractivity contribution in [3.63, 3.8) is 0 Å². The lowest BCUT2D eigenvalue weighted by molar-refractivity contribution is -0.134. The monoisotopic (exact) mass is 413 g/mol. The van der Waals surface area contributed by atoms with Crippen LogP contribution in [0.2, 0.25) is 0 Å². The van der Waals surface area contributed by atoms with Crippen LogP contribution in [0.1, 0.15) is 24.8 Å². The Morgan fingerprint density at radius 3 is 2.34 bits per heavy atom. The Hall–Kier alpha value is -2.18. The zero-order valence-corrected chi connectivity index (χ0v) is 17.3. The Kier molecular flexibility index (Phi) is 6.01. The van der Waals surface area contributed by atoms with E-state index in [4.69, 9.17) is 4.74 Å². The number of benzene rings is 2. The van der Waals surface area contributed by atoms with Crippen LogP contribution in [0, 0.1) is 0 Å². The minimum Gasteiger partial charge on any atom is -0.376 e. The molecule has 2 aliphatic heterocycles. The summed E-state index contributed by atoms with van der Waals surface area (Å²) in [7, 11) is -3.05. The van der Waals surface area contributed by atoms with Crippen molar-refractivity contribution >= 4 is 15.7 Å². The van der Waals surface area contributed by atoms with Gasteiger partial charge in [-0.1, -0.05) is 54.6 Å². The van der Waals surface area contributed by atoms with Gasteiger partial charge in [0.1, 0.15) is 0 Å². The van der Waals surface area contributed by atoms with Gasteiger partial charge in [0.15, 0.2) is 9.84 Å². The third-order valence-corrected chi connectivity index (χ3v) is 7.56. The van der Waals surface area contributed by atoms with Crippen molar-refractivity contribution in [3.8, 4) is 11.1 Å². The molecule has 2 heterocycles. The molecule has 29 heavy (non-hydrogen) atoms. The van der Waals surface area contributed by atoms with Crippen molar-refractivity contribution < 1.29 is 17.9 Å². The van der Waals surface area contributed by atoms with Crippen molar-refractivity contribution in [1.29, 1.82) is 0 Å². The molecule has 0 N–H and O–H groups in total. The van der Waals surface area contributed by atoms with Crippen molar-refractivity contribution in [2.45, 2.75) is 37.8 Å². The van der Waals surface area contributed by atoms with Crippen molar-refractivity contribution in [3.05, 3.63) is 60.2 Å². The first-order chi connectivity index (χ1) is 14.0. The van der Waals surface area contributed by atoms with Gasteiger partial charge in [-0.25, -0.2) is 8.42 Å². The fraction of sp³-hybridized carbons (Fsp3) is 0.435. The maximum atomic E-state index is 13.1. The third-order valence-electron chi connectivity index (χ3n) is 5.81. The van der Waals surface area contributed by atoms with Gasteiger partial charge in [0, 0.05) is 19.2 Å². The smallest absolute Gasteiger partial charge is 0.227 e. The van der Waals surface area contributed by atoms with Gasteiger partial charge in [-0.2, -0.15) is 0 Å². The summed E-state index contributed by atoms with van der Waals surface area (Å²) in [6.45, 7) is 1.21. The molecule has 1 amide bonds. The fourth-order valence-electron chi connectivity index (χ4n) is 4.21. The molecule has 154 valence electrons. The second-order valence-corrected chi connectivity index (χ2v) is 10.2. The molecule has 5 nitrogen and oxygen atoms in total. The van der Waals surface area contributed by atoms with E-state index in [2.05, 4.69) is 12.1 Å². The van der Waals surface area contributed by atoms with Gasteiger partial charge < -0.3 is 9.64 Å². The first kappa shape index (κ1) is 20.1. The van der Waals surface area contributed by atoms with Crippen LogP contribution in [0.25, 0.3) is 11.1 Å². The topological polar surface area (TPSA) is 63.7 Å². The molecule has 2 aromatic carbocycles. The molecule has 4 rings (SSSR count). The molecule has 2 saturated heterocycles. The van der Waals surface area contributed by atoms with Gasteiger partial charge in [0.05, 0.1) is 24.0 Å². The molecule has 2 aromatic rings. The zero-order valence-electron chi connectivity index (χ0n) is 16.5. The zero-order chi connectivity index (χ0) is 20.3. The van der Waals surface area contributed by atoms with Gasteiger partial charge in [-0.05, 0) is 36.0 Å². The molecule has 0 spiro atoms. The molecule has 2 aliphatic rings. The summed E-state index contributed by atoms with van der Waals surface area (Å²) < 4.78 is 29.6. The van der Waals surface area contributed by atoms with E-state index in [0.717, 1.165) is 36.1 Å². The lowest BCUT2D eigenvalue weighted by Gasteiger charge is -2.30. The van der Waals surface area contributed by atoms with E-state index in [1.165, 1.54) is 0 Å². The average Bonchev–Trinajstić information content (AvgIpc) is 3.36. The van der Waals surface area contributed by atoms with Crippen molar-refractivity contribution in [2.75, 3.05) is 24.7 Å². The van der Waals surface area contributed by atoms with Crippen molar-refractivity contribution in [1.82, 2.24) is 4.90 Å². The number of amides is 1. The third kappa shape index (κ3) is 5.06. The molecule has 0 bridgehead atoms. The SMILES string of the molecule is O=C(Cc1ccc(-c2ccccc2)cc1)N(C[C@@H]1CCCO1)[C@H]1CCS(=O)(=O)C1. The van der Waals surface area contributed by atoms with E-state index < -0.39 is 9.84 Å². The summed E-state index contributed by atoms with van der Waals surface area (Å²) in [5.74, 6) is 0.215. The first-order valence-corrected chi connectivity index (χ1v) is 12.1. The first-order valence-electron chi connectivity index (χ1n) is 10.3. The van der Waals surface area contributed by atoms with E-state index in [1.54, 1.807) is 4.90 Å². The number of carbonyl (C=O) groups is 1. The number of sulfone groups is 1. The highest BCUT2D eigenvalue weighted by molar-refractivity contribution is 7.91.